The Morgan fingerprint density at radius 1 is 1.47 bits per heavy atom. The maximum atomic E-state index is 12.0. The molecule has 19 heavy (non-hydrogen) atoms. The molecule has 1 saturated heterocycles. The van der Waals surface area contributed by atoms with Gasteiger partial charge >= 0.3 is 5.97 Å². The van der Waals surface area contributed by atoms with E-state index in [2.05, 4.69) is 0 Å². The number of likely N-dealkylation sites (tertiary alicyclic amines) is 1. The molecule has 2 fully saturated rings. The van der Waals surface area contributed by atoms with Gasteiger partial charge in [-0.05, 0) is 24.7 Å². The number of amides is 1. The van der Waals surface area contributed by atoms with Crippen molar-refractivity contribution in [2.75, 3.05) is 12.3 Å². The summed E-state index contributed by atoms with van der Waals surface area (Å²) in [7, 11) is 0. The van der Waals surface area contributed by atoms with Crippen LogP contribution in [0.1, 0.15) is 32.6 Å². The molecule has 0 bridgehead atoms. The number of carboxylic acids is 1. The van der Waals surface area contributed by atoms with Crippen LogP contribution in [0.5, 0.6) is 0 Å². The van der Waals surface area contributed by atoms with Crippen molar-refractivity contribution < 1.29 is 19.5 Å². The van der Waals surface area contributed by atoms with E-state index >= 15 is 0 Å². The molecular weight excluding hydrogens is 266 g/mol. The normalized spacial score (nSPS) is 24.6. The van der Waals surface area contributed by atoms with Crippen molar-refractivity contribution in [1.82, 2.24) is 4.90 Å². The number of nitrogens with zero attached hydrogens (tertiary/aromatic N) is 1. The molecule has 5 nitrogen and oxygen atoms in total. The predicted molar refractivity (Wildman–Crippen MR) is 71.7 cm³/mol. The van der Waals surface area contributed by atoms with Crippen molar-refractivity contribution >= 4 is 28.8 Å². The number of carbonyl (C=O) groups excluding carboxylic acids is 2. The van der Waals surface area contributed by atoms with Crippen LogP contribution < -0.4 is 0 Å². The smallest absolute Gasteiger partial charge is 0.305 e. The quantitative estimate of drug-likeness (QED) is 0.797. The van der Waals surface area contributed by atoms with Crippen molar-refractivity contribution in [3.8, 4) is 0 Å². The van der Waals surface area contributed by atoms with Gasteiger partial charge in [0.15, 0.2) is 5.12 Å². The Bertz CT molecular complexity index is 394. The molecule has 2 rings (SSSR count). The number of carbonyl (C=O) groups is 3. The maximum absolute atomic E-state index is 12.0. The third-order valence-corrected chi connectivity index (χ3v) is 4.76. The molecule has 106 valence electrons. The lowest BCUT2D eigenvalue weighted by Crippen LogP contribution is -2.39. The van der Waals surface area contributed by atoms with Crippen LogP contribution in [0.25, 0.3) is 0 Å². The second-order valence-electron chi connectivity index (χ2n) is 5.42. The van der Waals surface area contributed by atoms with E-state index in [0.29, 0.717) is 24.6 Å². The Morgan fingerprint density at radius 3 is 2.68 bits per heavy atom. The molecule has 1 aliphatic carbocycles. The fraction of sp³-hybridized carbons (Fsp3) is 0.769. The van der Waals surface area contributed by atoms with Crippen molar-refractivity contribution in [1.29, 1.82) is 0 Å². The highest BCUT2D eigenvalue weighted by molar-refractivity contribution is 8.13. The van der Waals surface area contributed by atoms with E-state index in [4.69, 9.17) is 5.11 Å². The van der Waals surface area contributed by atoms with Gasteiger partial charge in [-0.3, -0.25) is 14.4 Å². The average molecular weight is 285 g/mol. The van der Waals surface area contributed by atoms with E-state index in [9.17, 15) is 14.4 Å². The molecule has 0 aromatic rings. The summed E-state index contributed by atoms with van der Waals surface area (Å²) >= 11 is 1.25. The first-order chi connectivity index (χ1) is 8.97. The number of hydrogen-bond acceptors (Lipinski definition) is 4. The summed E-state index contributed by atoms with van der Waals surface area (Å²) in [6.45, 7) is 2.13. The number of aliphatic carboxylic acids is 1. The lowest BCUT2D eigenvalue weighted by molar-refractivity contribution is -0.140. The molecule has 0 spiro atoms. The first-order valence-electron chi connectivity index (χ1n) is 6.62. The van der Waals surface area contributed by atoms with E-state index in [1.54, 1.807) is 4.90 Å². The van der Waals surface area contributed by atoms with Crippen LogP contribution in [0.3, 0.4) is 0 Å². The van der Waals surface area contributed by atoms with E-state index in [-0.39, 0.29) is 29.4 Å². The lowest BCUT2D eigenvalue weighted by Gasteiger charge is -2.27. The van der Waals surface area contributed by atoms with Crippen molar-refractivity contribution in [3.63, 3.8) is 0 Å². The zero-order valence-corrected chi connectivity index (χ0v) is 11.8. The molecule has 2 aliphatic rings. The molecule has 2 unspecified atom stereocenters. The Kier molecular flexibility index (Phi) is 4.50. The topological polar surface area (TPSA) is 74.7 Å². The number of hydrogen-bond donors (Lipinski definition) is 1. The van der Waals surface area contributed by atoms with Crippen LogP contribution in [0.15, 0.2) is 0 Å². The van der Waals surface area contributed by atoms with E-state index in [1.165, 1.54) is 18.7 Å². The fourth-order valence-electron chi connectivity index (χ4n) is 2.67. The summed E-state index contributed by atoms with van der Waals surface area (Å²) in [5.74, 6) is 0.399. The molecule has 2 atom stereocenters. The van der Waals surface area contributed by atoms with Gasteiger partial charge in [-0.2, -0.15) is 0 Å². The van der Waals surface area contributed by atoms with E-state index in [1.807, 2.05) is 0 Å². The zero-order valence-electron chi connectivity index (χ0n) is 11.0. The third-order valence-electron chi connectivity index (χ3n) is 3.71. The SMILES string of the molecule is CC(=O)SCC1CC(=O)N(C(CC(=O)O)C2CC2)C1. The minimum atomic E-state index is -0.841. The summed E-state index contributed by atoms with van der Waals surface area (Å²) in [6, 6.07) is -0.141. The lowest BCUT2D eigenvalue weighted by atomic mass is 10.1. The third kappa shape index (κ3) is 3.96. The van der Waals surface area contributed by atoms with Crippen LogP contribution in [0, 0.1) is 11.8 Å². The van der Waals surface area contributed by atoms with Gasteiger partial charge in [-0.15, -0.1) is 0 Å². The summed E-state index contributed by atoms with van der Waals surface area (Å²) in [5, 5.41) is 9.03. The second kappa shape index (κ2) is 5.94. The molecule has 6 heteroatoms. The van der Waals surface area contributed by atoms with Crippen molar-refractivity contribution in [2.24, 2.45) is 11.8 Å². The molecule has 0 aromatic heterocycles. The standard InChI is InChI=1S/C13H19NO4S/c1-8(15)19-7-9-4-12(16)14(6-9)11(5-13(17)18)10-2-3-10/h9-11H,2-7H2,1H3,(H,17,18). The zero-order chi connectivity index (χ0) is 14.0. The average Bonchev–Trinajstić information content (AvgIpc) is 3.08. The highest BCUT2D eigenvalue weighted by Crippen LogP contribution is 2.39. The summed E-state index contributed by atoms with van der Waals surface area (Å²) in [4.78, 5) is 35.6. The molecule has 0 aromatic carbocycles. The van der Waals surface area contributed by atoms with Gasteiger partial charge in [0.05, 0.1) is 6.42 Å². The minimum absolute atomic E-state index is 0.0446. The molecule has 0 radical (unpaired) electrons. The molecular formula is C13H19NO4S. The highest BCUT2D eigenvalue weighted by Gasteiger charge is 2.42. The molecule has 1 heterocycles. The summed E-state index contributed by atoms with van der Waals surface area (Å²) in [5.41, 5.74) is 0. The number of carboxylic acid groups (broad SMARTS) is 1. The minimum Gasteiger partial charge on any atom is -0.481 e. The Morgan fingerprint density at radius 2 is 2.16 bits per heavy atom. The number of rotatable bonds is 6. The van der Waals surface area contributed by atoms with Crippen LogP contribution in [0.2, 0.25) is 0 Å². The summed E-state index contributed by atoms with van der Waals surface area (Å²) < 4.78 is 0. The first kappa shape index (κ1) is 14.4. The van der Waals surface area contributed by atoms with E-state index in [0.717, 1.165) is 12.8 Å². The largest absolute Gasteiger partial charge is 0.481 e. The Balaban J connectivity index is 1.93. The summed E-state index contributed by atoms with van der Waals surface area (Å²) in [6.07, 6.45) is 2.54. The first-order valence-corrected chi connectivity index (χ1v) is 7.60. The van der Waals surface area contributed by atoms with Gasteiger partial charge in [0.2, 0.25) is 5.91 Å². The van der Waals surface area contributed by atoms with Gasteiger partial charge < -0.3 is 10.0 Å². The van der Waals surface area contributed by atoms with Gasteiger partial charge in [-0.1, -0.05) is 11.8 Å². The van der Waals surface area contributed by atoms with Crippen molar-refractivity contribution in [3.05, 3.63) is 0 Å². The van der Waals surface area contributed by atoms with Crippen molar-refractivity contribution in [2.45, 2.75) is 38.6 Å². The maximum Gasteiger partial charge on any atom is 0.305 e. The monoisotopic (exact) mass is 285 g/mol. The van der Waals surface area contributed by atoms with Crippen LogP contribution >= 0.6 is 11.8 Å². The highest BCUT2D eigenvalue weighted by atomic mass is 32.2. The Labute approximate surface area is 116 Å². The second-order valence-corrected chi connectivity index (χ2v) is 6.62. The van der Waals surface area contributed by atoms with Gasteiger partial charge in [0, 0.05) is 31.7 Å². The van der Waals surface area contributed by atoms with Gasteiger partial charge in [-0.25, -0.2) is 0 Å². The Hall–Kier alpha value is -1.04. The van der Waals surface area contributed by atoms with Crippen LogP contribution in [0.4, 0.5) is 0 Å². The van der Waals surface area contributed by atoms with Crippen LogP contribution in [-0.4, -0.2) is 45.3 Å². The fourth-order valence-corrected chi connectivity index (χ4v) is 3.36. The van der Waals surface area contributed by atoms with E-state index < -0.39 is 5.97 Å². The molecule has 1 saturated carbocycles. The predicted octanol–water partition coefficient (Wildman–Crippen LogP) is 1.37. The molecule has 1 N–H and O–H groups in total. The van der Waals surface area contributed by atoms with Gasteiger partial charge in [0.25, 0.3) is 0 Å². The van der Waals surface area contributed by atoms with Crippen LogP contribution in [-0.2, 0) is 14.4 Å². The molecule has 1 aliphatic heterocycles. The molecule has 1 amide bonds. The van der Waals surface area contributed by atoms with Gasteiger partial charge in [0.1, 0.15) is 0 Å². The number of thioether (sulfide) groups is 1.